The molecule has 242 valence electrons. The van der Waals surface area contributed by atoms with Gasteiger partial charge in [-0.15, -0.1) is 11.8 Å². The van der Waals surface area contributed by atoms with E-state index in [0.717, 1.165) is 0 Å². The van der Waals surface area contributed by atoms with Crippen LogP contribution in [0.5, 0.6) is 0 Å². The highest BCUT2D eigenvalue weighted by Gasteiger charge is 2.31. The molecule has 6 rings (SSSR count). The van der Waals surface area contributed by atoms with Gasteiger partial charge >= 0.3 is 0 Å². The number of halogens is 2. The Hall–Kier alpha value is -5.48. The number of anilines is 2. The monoisotopic (exact) mass is 705 g/mol. The van der Waals surface area contributed by atoms with E-state index in [1.54, 1.807) is 115 Å². The first-order chi connectivity index (χ1) is 23.7. The van der Waals surface area contributed by atoms with Crippen LogP contribution in [0.15, 0.2) is 126 Å². The number of fused-ring (bicyclic) bond motifs is 2. The zero-order valence-corrected chi connectivity index (χ0v) is 27.8. The van der Waals surface area contributed by atoms with Crippen molar-refractivity contribution in [2.24, 2.45) is 0 Å². The van der Waals surface area contributed by atoms with Crippen molar-refractivity contribution < 1.29 is 24.0 Å². The van der Waals surface area contributed by atoms with Crippen molar-refractivity contribution in [2.75, 3.05) is 16.4 Å². The van der Waals surface area contributed by atoms with Gasteiger partial charge in [-0.25, -0.2) is 0 Å². The van der Waals surface area contributed by atoms with Crippen molar-refractivity contribution in [3.63, 3.8) is 0 Å². The van der Waals surface area contributed by atoms with Gasteiger partial charge in [-0.05, 0) is 54.6 Å². The quantitative estimate of drug-likeness (QED) is 0.104. The van der Waals surface area contributed by atoms with E-state index >= 15 is 0 Å². The van der Waals surface area contributed by atoms with Crippen LogP contribution in [0, 0.1) is 0 Å². The third kappa shape index (κ3) is 7.49. The Morgan fingerprint density at radius 3 is 2.04 bits per heavy atom. The lowest BCUT2D eigenvalue weighted by atomic mass is 9.83. The molecule has 1 aliphatic carbocycles. The van der Waals surface area contributed by atoms with Gasteiger partial charge in [0.2, 0.25) is 5.91 Å². The maximum Gasteiger partial charge on any atom is 0.272 e. The highest BCUT2D eigenvalue weighted by atomic mass is 35.5. The van der Waals surface area contributed by atoms with E-state index in [9.17, 15) is 24.0 Å². The molecule has 3 N–H and O–H groups in total. The van der Waals surface area contributed by atoms with Gasteiger partial charge in [-0.2, -0.15) is 0 Å². The number of nitrogens with one attached hydrogen (secondary N) is 3. The molecule has 0 heterocycles. The molecule has 0 fully saturated rings. The third-order valence-electron chi connectivity index (χ3n) is 7.51. The molecule has 3 amide bonds. The number of amides is 3. The maximum atomic E-state index is 13.5. The van der Waals surface area contributed by atoms with Gasteiger partial charge < -0.3 is 16.0 Å². The Balaban J connectivity index is 1.15. The predicted octanol–water partition coefficient (Wildman–Crippen LogP) is 7.91. The van der Waals surface area contributed by atoms with Crippen LogP contribution >= 0.6 is 35.0 Å². The summed E-state index contributed by atoms with van der Waals surface area (Å²) in [6, 6.07) is 31.6. The molecule has 11 heteroatoms. The normalized spacial score (nSPS) is 12.1. The van der Waals surface area contributed by atoms with Crippen LogP contribution in [0.4, 0.5) is 11.4 Å². The van der Waals surface area contributed by atoms with E-state index in [-0.39, 0.29) is 39.8 Å². The van der Waals surface area contributed by atoms with Gasteiger partial charge in [0, 0.05) is 48.4 Å². The van der Waals surface area contributed by atoms with Gasteiger partial charge in [-0.1, -0.05) is 89.9 Å². The molecule has 0 bridgehead atoms. The van der Waals surface area contributed by atoms with Gasteiger partial charge in [0.05, 0.1) is 17.0 Å². The van der Waals surface area contributed by atoms with Crippen LogP contribution in [0.1, 0.15) is 47.8 Å². The summed E-state index contributed by atoms with van der Waals surface area (Å²) in [6.07, 6.45) is 1.41. The molecule has 0 atom stereocenters. The second-order valence-corrected chi connectivity index (χ2v) is 12.6. The summed E-state index contributed by atoms with van der Waals surface area (Å²) in [5.74, 6) is -2.16. The fraction of sp³-hybridized carbons (Fsp3) is 0.0263. The molecular weight excluding hydrogens is 681 g/mol. The third-order valence-corrected chi connectivity index (χ3v) is 9.16. The molecule has 0 aliphatic heterocycles. The number of thioether (sulfide) groups is 1. The smallest absolute Gasteiger partial charge is 0.272 e. The van der Waals surface area contributed by atoms with Gasteiger partial charge in [0.15, 0.2) is 11.6 Å². The summed E-state index contributed by atoms with van der Waals surface area (Å²) in [7, 11) is 0. The van der Waals surface area contributed by atoms with Gasteiger partial charge in [0.25, 0.3) is 11.8 Å². The zero-order chi connectivity index (χ0) is 34.5. The first-order valence-electron chi connectivity index (χ1n) is 14.9. The lowest BCUT2D eigenvalue weighted by Gasteiger charge is -2.20. The first kappa shape index (κ1) is 33.4. The summed E-state index contributed by atoms with van der Waals surface area (Å²) in [6.45, 7) is 0. The van der Waals surface area contributed by atoms with Crippen molar-refractivity contribution in [1.29, 1.82) is 0 Å². The summed E-state index contributed by atoms with van der Waals surface area (Å²) in [5, 5.41) is 8.80. The Kier molecular flexibility index (Phi) is 10.1. The zero-order valence-electron chi connectivity index (χ0n) is 25.5. The molecule has 0 unspecified atom stereocenters. The Bertz CT molecular complexity index is 2170. The van der Waals surface area contributed by atoms with E-state index in [4.69, 9.17) is 23.2 Å². The lowest BCUT2D eigenvalue weighted by molar-refractivity contribution is -0.114. The van der Waals surface area contributed by atoms with Crippen LogP contribution in [0.25, 0.3) is 6.08 Å². The number of hydrogen-bond acceptors (Lipinski definition) is 6. The van der Waals surface area contributed by atoms with Crippen LogP contribution in [0.3, 0.4) is 0 Å². The maximum absolute atomic E-state index is 13.5. The summed E-state index contributed by atoms with van der Waals surface area (Å²) >= 11 is 13.9. The number of carbonyl (C=O) groups excluding carboxylic acids is 5. The minimum absolute atomic E-state index is 0.0247. The van der Waals surface area contributed by atoms with E-state index in [2.05, 4.69) is 16.0 Å². The fourth-order valence-electron chi connectivity index (χ4n) is 5.18. The molecule has 0 aromatic heterocycles. The summed E-state index contributed by atoms with van der Waals surface area (Å²) in [4.78, 5) is 66.6. The standard InChI is InChI=1S/C38H25Cl2N3O5S/c39-29-16-8-17-30(40)28(29)20-32(43-37(47)22-9-2-1-3-10-22)38(48)41-23-11-6-12-24(19-23)49-21-33(44)42-31-18-7-15-27-34(31)36(46)26-14-5-4-13-25(26)35(27)45/h1-20H,21H2,(H,41,48)(H,42,44)(H,43,47)/b32-20+. The van der Waals surface area contributed by atoms with E-state index < -0.39 is 17.7 Å². The molecule has 5 aromatic rings. The number of benzene rings is 5. The second kappa shape index (κ2) is 14.7. The van der Waals surface area contributed by atoms with Crippen molar-refractivity contribution in [2.45, 2.75) is 4.90 Å². The van der Waals surface area contributed by atoms with Crippen LogP contribution in [-0.2, 0) is 9.59 Å². The van der Waals surface area contributed by atoms with Crippen molar-refractivity contribution in [3.8, 4) is 0 Å². The van der Waals surface area contributed by atoms with Crippen molar-refractivity contribution in [1.82, 2.24) is 5.32 Å². The van der Waals surface area contributed by atoms with Crippen LogP contribution in [0.2, 0.25) is 10.0 Å². The average molecular weight is 707 g/mol. The van der Waals surface area contributed by atoms with Gasteiger partial charge in [0.1, 0.15) is 5.70 Å². The van der Waals surface area contributed by atoms with Crippen LogP contribution < -0.4 is 16.0 Å². The van der Waals surface area contributed by atoms with E-state index in [1.165, 1.54) is 17.8 Å². The minimum atomic E-state index is -0.630. The molecule has 49 heavy (non-hydrogen) atoms. The molecule has 0 saturated heterocycles. The molecule has 0 spiro atoms. The second-order valence-electron chi connectivity index (χ2n) is 10.8. The Morgan fingerprint density at radius 2 is 1.31 bits per heavy atom. The van der Waals surface area contributed by atoms with E-state index in [1.807, 2.05) is 0 Å². The average Bonchev–Trinajstić information content (AvgIpc) is 3.11. The Morgan fingerprint density at radius 1 is 0.673 bits per heavy atom. The summed E-state index contributed by atoms with van der Waals surface area (Å²) < 4.78 is 0. The molecular formula is C38H25Cl2N3O5S. The van der Waals surface area contributed by atoms with E-state index in [0.29, 0.717) is 42.9 Å². The summed E-state index contributed by atoms with van der Waals surface area (Å²) in [5.41, 5.74) is 2.30. The number of carbonyl (C=O) groups is 5. The SMILES string of the molecule is O=C(CSc1cccc(NC(=O)/C(=C\c2c(Cl)cccc2Cl)NC(=O)c2ccccc2)c1)Nc1cccc2c1C(=O)c1ccccc1C2=O. The highest BCUT2D eigenvalue weighted by molar-refractivity contribution is 8.00. The van der Waals surface area contributed by atoms with Crippen molar-refractivity contribution >= 4 is 81.7 Å². The number of rotatable bonds is 9. The molecule has 8 nitrogen and oxygen atoms in total. The molecule has 1 aliphatic rings. The topological polar surface area (TPSA) is 121 Å². The molecule has 0 radical (unpaired) electrons. The van der Waals surface area contributed by atoms with Gasteiger partial charge in [-0.3, -0.25) is 24.0 Å². The molecule has 5 aromatic carbocycles. The fourth-order valence-corrected chi connectivity index (χ4v) is 6.44. The molecule has 0 saturated carbocycles. The predicted molar refractivity (Wildman–Crippen MR) is 193 cm³/mol. The van der Waals surface area contributed by atoms with Crippen LogP contribution in [-0.4, -0.2) is 35.0 Å². The first-order valence-corrected chi connectivity index (χ1v) is 16.6. The van der Waals surface area contributed by atoms with Crippen molar-refractivity contribution in [3.05, 3.63) is 164 Å². The largest absolute Gasteiger partial charge is 0.325 e. The number of ketones is 2. The highest BCUT2D eigenvalue weighted by Crippen LogP contribution is 2.32. The Labute approximate surface area is 295 Å². The lowest BCUT2D eigenvalue weighted by Crippen LogP contribution is -2.30. The number of hydrogen-bond donors (Lipinski definition) is 3. The minimum Gasteiger partial charge on any atom is -0.325 e.